The molecule has 0 aromatic rings. The van der Waals surface area contributed by atoms with Crippen LogP contribution in [-0.4, -0.2) is 30.1 Å². The van der Waals surface area contributed by atoms with E-state index in [4.69, 9.17) is 5.73 Å². The quantitative estimate of drug-likeness (QED) is 0.847. The Balaban J connectivity index is 1.45. The fraction of sp³-hybridized carbons (Fsp3) is 1.00. The van der Waals surface area contributed by atoms with E-state index in [0.717, 1.165) is 30.2 Å². The fourth-order valence-electron chi connectivity index (χ4n) is 6.38. The van der Waals surface area contributed by atoms with Crippen LogP contribution in [0, 0.1) is 23.7 Å². The van der Waals surface area contributed by atoms with Crippen molar-refractivity contribution in [2.45, 2.75) is 63.3 Å². The molecule has 0 atom stereocenters. The van der Waals surface area contributed by atoms with Gasteiger partial charge in [0.05, 0.1) is 0 Å². The summed E-state index contributed by atoms with van der Waals surface area (Å²) in [7, 11) is 0. The Morgan fingerprint density at radius 3 is 1.89 bits per heavy atom. The van der Waals surface area contributed by atoms with Gasteiger partial charge in [-0.3, -0.25) is 4.90 Å². The highest BCUT2D eigenvalue weighted by Crippen LogP contribution is 2.58. The van der Waals surface area contributed by atoms with Crippen LogP contribution < -0.4 is 5.73 Å². The first-order chi connectivity index (χ1) is 9.27. The molecule has 2 heteroatoms. The van der Waals surface area contributed by atoms with E-state index in [9.17, 15) is 0 Å². The zero-order valence-corrected chi connectivity index (χ0v) is 12.3. The summed E-state index contributed by atoms with van der Waals surface area (Å²) in [6, 6.07) is 0. The van der Waals surface area contributed by atoms with Crippen molar-refractivity contribution in [3.8, 4) is 0 Å². The molecule has 0 radical (unpaired) electrons. The second-order valence-electron chi connectivity index (χ2n) is 8.15. The molecule has 2 N–H and O–H groups in total. The molecule has 0 amide bonds. The van der Waals surface area contributed by atoms with Crippen molar-refractivity contribution in [1.29, 1.82) is 0 Å². The number of hydrogen-bond acceptors (Lipinski definition) is 2. The summed E-state index contributed by atoms with van der Waals surface area (Å²) in [4.78, 5) is 2.94. The van der Waals surface area contributed by atoms with Gasteiger partial charge in [0.25, 0.3) is 0 Å². The van der Waals surface area contributed by atoms with Crippen LogP contribution in [0.3, 0.4) is 0 Å². The van der Waals surface area contributed by atoms with Crippen molar-refractivity contribution in [3.63, 3.8) is 0 Å². The summed E-state index contributed by atoms with van der Waals surface area (Å²) in [6.45, 7) is 3.63. The second-order valence-corrected chi connectivity index (χ2v) is 8.15. The SMILES string of the molecule is NCCC1CCN(C23CC4CC(CC(C4)C2)C3)CC1. The van der Waals surface area contributed by atoms with Crippen molar-refractivity contribution in [1.82, 2.24) is 4.90 Å². The Labute approximate surface area is 118 Å². The summed E-state index contributed by atoms with van der Waals surface area (Å²) < 4.78 is 0. The van der Waals surface area contributed by atoms with E-state index in [-0.39, 0.29) is 0 Å². The summed E-state index contributed by atoms with van der Waals surface area (Å²) >= 11 is 0. The van der Waals surface area contributed by atoms with Gasteiger partial charge in [-0.25, -0.2) is 0 Å². The number of likely N-dealkylation sites (tertiary alicyclic amines) is 1. The van der Waals surface area contributed by atoms with Gasteiger partial charge in [0, 0.05) is 5.54 Å². The minimum absolute atomic E-state index is 0.655. The maximum absolute atomic E-state index is 5.73. The molecule has 1 saturated heterocycles. The zero-order chi connectivity index (χ0) is 12.9. The third kappa shape index (κ3) is 2.15. The minimum Gasteiger partial charge on any atom is -0.330 e. The van der Waals surface area contributed by atoms with Gasteiger partial charge in [0.15, 0.2) is 0 Å². The zero-order valence-electron chi connectivity index (χ0n) is 12.3. The number of rotatable bonds is 3. The highest BCUT2D eigenvalue weighted by Gasteiger charge is 2.53. The van der Waals surface area contributed by atoms with E-state index in [1.807, 2.05) is 0 Å². The Kier molecular flexibility index (Phi) is 3.15. The predicted octanol–water partition coefficient (Wildman–Crippen LogP) is 3.02. The average molecular weight is 262 g/mol. The van der Waals surface area contributed by atoms with E-state index in [1.54, 1.807) is 38.5 Å². The molecule has 1 heterocycles. The molecule has 19 heavy (non-hydrogen) atoms. The van der Waals surface area contributed by atoms with Gasteiger partial charge in [0.2, 0.25) is 0 Å². The molecule has 108 valence electrons. The third-order valence-electron chi connectivity index (χ3n) is 6.87. The Hall–Kier alpha value is -0.0800. The van der Waals surface area contributed by atoms with Gasteiger partial charge in [-0.1, -0.05) is 0 Å². The van der Waals surface area contributed by atoms with Crippen molar-refractivity contribution in [2.75, 3.05) is 19.6 Å². The lowest BCUT2D eigenvalue weighted by Crippen LogP contribution is -2.61. The van der Waals surface area contributed by atoms with Crippen LogP contribution in [0.2, 0.25) is 0 Å². The monoisotopic (exact) mass is 262 g/mol. The van der Waals surface area contributed by atoms with Gasteiger partial charge < -0.3 is 5.73 Å². The molecule has 4 aliphatic carbocycles. The molecule has 4 saturated carbocycles. The molecular formula is C17H30N2. The Morgan fingerprint density at radius 2 is 1.42 bits per heavy atom. The highest BCUT2D eigenvalue weighted by atomic mass is 15.2. The molecule has 5 rings (SSSR count). The smallest absolute Gasteiger partial charge is 0.0217 e. The van der Waals surface area contributed by atoms with E-state index >= 15 is 0 Å². The van der Waals surface area contributed by atoms with E-state index < -0.39 is 0 Å². The maximum atomic E-state index is 5.73. The first kappa shape index (κ1) is 12.6. The topological polar surface area (TPSA) is 29.3 Å². The van der Waals surface area contributed by atoms with Crippen LogP contribution in [0.15, 0.2) is 0 Å². The molecule has 0 aromatic heterocycles. The van der Waals surface area contributed by atoms with Crippen LogP contribution in [0.1, 0.15) is 57.8 Å². The van der Waals surface area contributed by atoms with E-state index in [1.165, 1.54) is 32.4 Å². The van der Waals surface area contributed by atoms with Crippen molar-refractivity contribution in [2.24, 2.45) is 29.4 Å². The molecule has 5 fully saturated rings. The lowest BCUT2D eigenvalue weighted by atomic mass is 9.52. The highest BCUT2D eigenvalue weighted by molar-refractivity contribution is 5.07. The summed E-state index contributed by atoms with van der Waals surface area (Å²) in [5, 5.41) is 0. The maximum Gasteiger partial charge on any atom is 0.0217 e. The van der Waals surface area contributed by atoms with E-state index in [2.05, 4.69) is 4.90 Å². The third-order valence-corrected chi connectivity index (χ3v) is 6.87. The van der Waals surface area contributed by atoms with Gasteiger partial charge in [0.1, 0.15) is 0 Å². The van der Waals surface area contributed by atoms with Crippen LogP contribution in [-0.2, 0) is 0 Å². The molecule has 0 spiro atoms. The van der Waals surface area contributed by atoms with Gasteiger partial charge in [-0.2, -0.15) is 0 Å². The first-order valence-corrected chi connectivity index (χ1v) is 8.72. The van der Waals surface area contributed by atoms with Crippen LogP contribution in [0.25, 0.3) is 0 Å². The molecule has 0 aromatic carbocycles. The van der Waals surface area contributed by atoms with Gasteiger partial charge >= 0.3 is 0 Å². The summed E-state index contributed by atoms with van der Waals surface area (Å²) in [5.74, 6) is 4.20. The molecular weight excluding hydrogens is 232 g/mol. The largest absolute Gasteiger partial charge is 0.330 e. The Morgan fingerprint density at radius 1 is 0.895 bits per heavy atom. The van der Waals surface area contributed by atoms with Crippen molar-refractivity contribution < 1.29 is 0 Å². The fourth-order valence-corrected chi connectivity index (χ4v) is 6.38. The normalized spacial score (nSPS) is 46.9. The summed E-state index contributed by atoms with van der Waals surface area (Å²) in [5.41, 5.74) is 6.38. The van der Waals surface area contributed by atoms with Gasteiger partial charge in [-0.15, -0.1) is 0 Å². The lowest BCUT2D eigenvalue weighted by Gasteiger charge is -2.61. The summed E-state index contributed by atoms with van der Waals surface area (Å²) in [6.07, 6.45) is 13.4. The van der Waals surface area contributed by atoms with Crippen LogP contribution in [0.5, 0.6) is 0 Å². The number of piperidine rings is 1. The lowest BCUT2D eigenvalue weighted by molar-refractivity contribution is -0.0982. The van der Waals surface area contributed by atoms with Crippen molar-refractivity contribution >= 4 is 0 Å². The number of nitrogens with two attached hydrogens (primary N) is 1. The van der Waals surface area contributed by atoms with E-state index in [0.29, 0.717) is 5.54 Å². The molecule has 0 unspecified atom stereocenters. The Bertz CT molecular complexity index is 295. The molecule has 1 aliphatic heterocycles. The van der Waals surface area contributed by atoms with Crippen LogP contribution in [0.4, 0.5) is 0 Å². The van der Waals surface area contributed by atoms with Gasteiger partial charge in [-0.05, 0) is 101 Å². The molecule has 5 aliphatic rings. The predicted molar refractivity (Wildman–Crippen MR) is 78.9 cm³/mol. The number of hydrogen-bond donors (Lipinski definition) is 1. The minimum atomic E-state index is 0.655. The first-order valence-electron chi connectivity index (χ1n) is 8.72. The standard InChI is InChI=1S/C17H30N2/c18-4-1-13-2-5-19(6-3-13)17-10-14-7-15(11-17)9-16(8-14)12-17/h13-16H,1-12,18H2. The number of nitrogens with zero attached hydrogens (tertiary/aromatic N) is 1. The average Bonchev–Trinajstić information content (AvgIpc) is 2.38. The van der Waals surface area contributed by atoms with Crippen molar-refractivity contribution in [3.05, 3.63) is 0 Å². The molecule has 4 bridgehead atoms. The second kappa shape index (κ2) is 4.73. The van der Waals surface area contributed by atoms with Crippen LogP contribution >= 0.6 is 0 Å². The molecule has 2 nitrogen and oxygen atoms in total.